The Bertz CT molecular complexity index is 2440. The predicted octanol–water partition coefficient (Wildman–Crippen LogP) is 6.77. The molecule has 0 aromatic carbocycles. The number of ketones is 1. The molecule has 3 aromatic heterocycles. The fourth-order valence-corrected chi connectivity index (χ4v) is 7.65. The molecule has 58 heavy (non-hydrogen) atoms. The molecule has 0 fully saturated rings. The first-order valence-electron chi connectivity index (χ1n) is 18.8. The van der Waals surface area contributed by atoms with Crippen LogP contribution in [0.3, 0.4) is 0 Å². The van der Waals surface area contributed by atoms with Gasteiger partial charge in [-0.25, -0.2) is 9.78 Å². The van der Waals surface area contributed by atoms with Crippen LogP contribution in [0, 0.1) is 19.8 Å². The quantitative estimate of drug-likeness (QED) is 0.0747. The Morgan fingerprint density at radius 3 is 1.91 bits per heavy atom. The van der Waals surface area contributed by atoms with E-state index in [1.807, 2.05) is 45.9 Å². The third-order valence-electron chi connectivity index (χ3n) is 11.0. The summed E-state index contributed by atoms with van der Waals surface area (Å²) in [6, 6.07) is 6.02. The molecule has 2 aliphatic rings. The van der Waals surface area contributed by atoms with Crippen molar-refractivity contribution in [2.24, 2.45) is 5.92 Å². The topological polar surface area (TPSA) is 253 Å². The van der Waals surface area contributed by atoms with Crippen molar-refractivity contribution in [1.29, 1.82) is 0 Å². The molecule has 0 saturated heterocycles. The lowest BCUT2D eigenvalue weighted by Gasteiger charge is -2.16. The monoisotopic (exact) mass is 793 g/mol. The van der Waals surface area contributed by atoms with Crippen molar-refractivity contribution in [3.05, 3.63) is 82.5 Å². The van der Waals surface area contributed by atoms with Crippen LogP contribution in [0.1, 0.15) is 116 Å². The third kappa shape index (κ3) is 9.31. The van der Waals surface area contributed by atoms with E-state index in [2.05, 4.69) is 28.4 Å². The predicted molar refractivity (Wildman–Crippen MR) is 218 cm³/mol. The Hall–Kier alpha value is -6.64. The van der Waals surface area contributed by atoms with Crippen LogP contribution in [-0.2, 0) is 28.8 Å². The van der Waals surface area contributed by atoms with Gasteiger partial charge in [0.2, 0.25) is 5.91 Å². The summed E-state index contributed by atoms with van der Waals surface area (Å²) in [5.41, 5.74) is 10.6. The number of nitrogens with zero attached hydrogens (tertiary/aromatic N) is 2. The molecule has 1 amide bonds. The summed E-state index contributed by atoms with van der Waals surface area (Å²) in [7, 11) is 0. The number of aliphatic carboxylic acids is 4. The highest BCUT2D eigenvalue weighted by Crippen LogP contribution is 2.42. The van der Waals surface area contributed by atoms with Crippen LogP contribution in [0.5, 0.6) is 0 Å². The highest BCUT2D eigenvalue weighted by atomic mass is 16.4. The summed E-state index contributed by atoms with van der Waals surface area (Å²) in [5, 5.41) is 39.7. The van der Waals surface area contributed by atoms with Gasteiger partial charge < -0.3 is 35.7 Å². The van der Waals surface area contributed by atoms with Gasteiger partial charge in [0.1, 0.15) is 11.8 Å². The van der Waals surface area contributed by atoms with Gasteiger partial charge in [-0.05, 0) is 80.2 Å². The lowest BCUT2D eigenvalue weighted by Crippen LogP contribution is -2.42. The summed E-state index contributed by atoms with van der Waals surface area (Å²) in [5.74, 6) is -8.49. The van der Waals surface area contributed by atoms with Gasteiger partial charge in [-0.1, -0.05) is 32.2 Å². The molecular formula is C43H47N5O10. The maximum Gasteiger partial charge on any atom is 0.326 e. The number of fused-ring (bicyclic) bond motifs is 8. The van der Waals surface area contributed by atoms with E-state index >= 15 is 0 Å². The fraction of sp³-hybridized carbons (Fsp3) is 0.349. The first-order chi connectivity index (χ1) is 27.4. The van der Waals surface area contributed by atoms with Gasteiger partial charge in [-0.15, -0.1) is 0 Å². The number of allylic oxidation sites excluding steroid dienone is 2. The van der Waals surface area contributed by atoms with E-state index in [9.17, 15) is 44.1 Å². The van der Waals surface area contributed by atoms with E-state index in [-0.39, 0.29) is 43.3 Å². The number of carbonyl (C=O) groups is 6. The minimum absolute atomic E-state index is 0.0287. The molecule has 5 heterocycles. The highest BCUT2D eigenvalue weighted by molar-refractivity contribution is 5.95. The zero-order valence-electron chi connectivity index (χ0n) is 32.8. The second-order valence-electron chi connectivity index (χ2n) is 14.8. The van der Waals surface area contributed by atoms with E-state index in [0.29, 0.717) is 28.3 Å². The Balaban J connectivity index is 1.68. The molecular weight excluding hydrogens is 746 g/mol. The van der Waals surface area contributed by atoms with E-state index in [1.165, 1.54) is 0 Å². The summed E-state index contributed by atoms with van der Waals surface area (Å²) < 4.78 is 0. The van der Waals surface area contributed by atoms with Gasteiger partial charge in [-0.2, -0.15) is 0 Å². The zero-order chi connectivity index (χ0) is 42.6. The molecule has 15 heteroatoms. The van der Waals surface area contributed by atoms with Crippen LogP contribution in [0.4, 0.5) is 0 Å². The number of carboxylic acid groups (broad SMARTS) is 4. The number of amides is 1. The van der Waals surface area contributed by atoms with Crippen LogP contribution < -0.4 is 5.32 Å². The fourth-order valence-electron chi connectivity index (χ4n) is 7.65. The average Bonchev–Trinajstić information content (AvgIpc) is 3.81. The van der Waals surface area contributed by atoms with Crippen LogP contribution in [0.15, 0.2) is 37.4 Å². The van der Waals surface area contributed by atoms with Crippen molar-refractivity contribution in [3.63, 3.8) is 0 Å². The first kappa shape index (κ1) is 42.5. The number of aromatic nitrogens is 4. The minimum Gasteiger partial charge on any atom is -0.481 e. The van der Waals surface area contributed by atoms with E-state index in [0.717, 1.165) is 49.9 Å². The molecule has 15 nitrogen and oxygen atoms in total. The highest BCUT2D eigenvalue weighted by Gasteiger charge is 2.32. The van der Waals surface area contributed by atoms with E-state index in [1.54, 1.807) is 18.2 Å². The average molecular weight is 794 g/mol. The van der Waals surface area contributed by atoms with Crippen molar-refractivity contribution in [2.75, 3.05) is 0 Å². The number of aryl methyl sites for hydroxylation is 2. The molecule has 0 spiro atoms. The van der Waals surface area contributed by atoms with Crippen molar-refractivity contribution in [2.45, 2.75) is 90.5 Å². The second kappa shape index (κ2) is 17.7. The number of hydrogen-bond donors (Lipinski definition) is 7. The molecule has 0 aliphatic carbocycles. The first-order valence-corrected chi connectivity index (χ1v) is 18.8. The molecule has 3 aromatic rings. The van der Waals surface area contributed by atoms with E-state index < -0.39 is 61.0 Å². The van der Waals surface area contributed by atoms with Crippen LogP contribution in [0.25, 0.3) is 45.4 Å². The van der Waals surface area contributed by atoms with Crippen molar-refractivity contribution in [3.8, 4) is 0 Å². The zero-order valence-corrected chi connectivity index (χ0v) is 32.8. The third-order valence-corrected chi connectivity index (χ3v) is 11.0. The van der Waals surface area contributed by atoms with Gasteiger partial charge in [-0.3, -0.25) is 29.0 Å². The van der Waals surface area contributed by atoms with E-state index in [4.69, 9.17) is 15.1 Å². The van der Waals surface area contributed by atoms with Crippen LogP contribution >= 0.6 is 0 Å². The van der Waals surface area contributed by atoms with Crippen LogP contribution in [0.2, 0.25) is 0 Å². The Morgan fingerprint density at radius 2 is 1.34 bits per heavy atom. The molecule has 7 N–H and O–H groups in total. The number of nitrogens with one attached hydrogen (secondary N) is 3. The molecule has 8 bridgehead atoms. The number of rotatable bonds is 17. The number of H-pyrrole nitrogens is 2. The number of hydrogen-bond acceptors (Lipinski definition) is 8. The smallest absolute Gasteiger partial charge is 0.326 e. The SMILES string of the molecule is C=Cc1c(C)c2cc3[nH]c(cc4nc(cc5nc(cc1[nH]2)C(C)=C5CCC(=O)NC(CC(=O)O)C(=O)O)C(CCC(=O)CC(CC(=O)O)C(=O)O)C4C)c(C)c3C=C. The maximum absolute atomic E-state index is 13.2. The van der Waals surface area contributed by atoms with Gasteiger partial charge in [0.15, 0.2) is 0 Å². The molecule has 304 valence electrons. The van der Waals surface area contributed by atoms with Crippen molar-refractivity contribution in [1.82, 2.24) is 25.3 Å². The normalized spacial score (nSPS) is 16.0. The maximum atomic E-state index is 13.2. The van der Waals surface area contributed by atoms with Crippen LogP contribution in [-0.4, -0.2) is 82.0 Å². The number of carboxylic acids is 4. The second-order valence-corrected chi connectivity index (χ2v) is 14.8. The van der Waals surface area contributed by atoms with Crippen molar-refractivity contribution < 1.29 is 49.2 Å². The molecule has 5 rings (SSSR count). The number of Topliss-reactive ketones (excluding diaryl/α,β-unsaturated/α-hetero) is 1. The number of carbonyl (C=O) groups excluding carboxylic acids is 2. The minimum atomic E-state index is -1.61. The summed E-state index contributed by atoms with van der Waals surface area (Å²) in [6.45, 7) is 15.9. The van der Waals surface area contributed by atoms with Gasteiger partial charge >= 0.3 is 23.9 Å². The molecule has 4 unspecified atom stereocenters. The lowest BCUT2D eigenvalue weighted by atomic mass is 9.85. The number of aromatic amines is 2. The molecule has 0 saturated carbocycles. The standard InChI is InChI=1S/C43H47N5O10/c1-7-26-20(3)30-15-31-22(5)28(10-9-25(49)13-24(42(55)56)14-40(51)52)36(46-31)18-37-29(11-12-39(50)48-38(43(57)58)19-41(53)54)23(6)33(47-37)17-35-27(8-2)21(4)32(45-35)16-34(26)44-30/h7-8,15-18,22,24,28,38,44-45H,1-2,9-14,19H2,3-6H3,(H,48,50)(H,51,52)(H,53,54)(H,55,56)(H,57,58). The Morgan fingerprint density at radius 1 is 0.741 bits per heavy atom. The lowest BCUT2D eigenvalue weighted by molar-refractivity contribution is -0.149. The summed E-state index contributed by atoms with van der Waals surface area (Å²) in [6.07, 6.45) is 1.83. The molecule has 0 radical (unpaired) electrons. The van der Waals surface area contributed by atoms with Crippen molar-refractivity contribution >= 4 is 80.9 Å². The Labute approximate surface area is 333 Å². The molecule has 2 aliphatic heterocycles. The van der Waals surface area contributed by atoms with Gasteiger partial charge in [0.05, 0.1) is 30.1 Å². The summed E-state index contributed by atoms with van der Waals surface area (Å²) >= 11 is 0. The summed E-state index contributed by atoms with van der Waals surface area (Å²) in [4.78, 5) is 89.2. The Kier molecular flexibility index (Phi) is 12.9. The molecule has 4 atom stereocenters. The van der Waals surface area contributed by atoms with Gasteiger partial charge in [0, 0.05) is 75.7 Å². The van der Waals surface area contributed by atoms with Gasteiger partial charge in [0.25, 0.3) is 0 Å². The largest absolute Gasteiger partial charge is 0.481 e.